The van der Waals surface area contributed by atoms with Crippen LogP contribution >= 0.6 is 0 Å². The maximum absolute atomic E-state index is 13.1. The lowest BCUT2D eigenvalue weighted by Gasteiger charge is -2.24. The van der Waals surface area contributed by atoms with E-state index < -0.39 is 5.92 Å². The summed E-state index contributed by atoms with van der Waals surface area (Å²) in [6.45, 7) is 0.729. The molecule has 2 aromatic carbocycles. The zero-order chi connectivity index (χ0) is 26.3. The molecule has 7 nitrogen and oxygen atoms in total. The Morgan fingerprint density at radius 3 is 2.38 bits per heavy atom. The molecule has 0 fully saturated rings. The van der Waals surface area contributed by atoms with Gasteiger partial charge >= 0.3 is 5.97 Å². The number of aliphatic hydroxyl groups is 1. The summed E-state index contributed by atoms with van der Waals surface area (Å²) in [5.41, 5.74) is 2.07. The molecular formula is C30H38N2O5. The smallest absolute Gasteiger partial charge is 0.309 e. The van der Waals surface area contributed by atoms with Gasteiger partial charge in [-0.3, -0.25) is 14.4 Å². The topological polar surface area (TPSA) is 95.9 Å². The van der Waals surface area contributed by atoms with Gasteiger partial charge in [-0.2, -0.15) is 0 Å². The van der Waals surface area contributed by atoms with E-state index in [0.717, 1.165) is 30.4 Å². The van der Waals surface area contributed by atoms with Gasteiger partial charge in [-0.15, -0.1) is 0 Å². The highest BCUT2D eigenvalue weighted by atomic mass is 16.5. The van der Waals surface area contributed by atoms with Crippen LogP contribution in [-0.4, -0.2) is 54.1 Å². The zero-order valence-corrected chi connectivity index (χ0v) is 21.4. The zero-order valence-electron chi connectivity index (χ0n) is 21.4. The van der Waals surface area contributed by atoms with Gasteiger partial charge in [-0.1, -0.05) is 72.8 Å². The Balaban J connectivity index is 1.60. The number of nitrogens with zero attached hydrogens (tertiary/aromatic N) is 1. The minimum Gasteiger partial charge on any atom is -0.464 e. The average Bonchev–Trinajstić information content (AvgIpc) is 2.91. The molecule has 2 N–H and O–H groups in total. The second-order valence-corrected chi connectivity index (χ2v) is 9.41. The first-order valence-electron chi connectivity index (χ1n) is 13.1. The summed E-state index contributed by atoms with van der Waals surface area (Å²) in [5, 5.41) is 12.3. The van der Waals surface area contributed by atoms with E-state index in [9.17, 15) is 19.5 Å². The number of carbonyl (C=O) groups is 3. The number of allylic oxidation sites excluding steroid dienone is 2. The third-order valence-electron chi connectivity index (χ3n) is 6.55. The number of ether oxygens (including phenoxy) is 1. The van der Waals surface area contributed by atoms with Gasteiger partial charge in [0.25, 0.3) is 0 Å². The van der Waals surface area contributed by atoms with E-state index in [4.69, 9.17) is 4.74 Å². The molecule has 0 bridgehead atoms. The Bertz CT molecular complexity index is 1010. The number of nitrogens with one attached hydrogen (secondary N) is 1. The van der Waals surface area contributed by atoms with E-state index in [1.165, 1.54) is 0 Å². The summed E-state index contributed by atoms with van der Waals surface area (Å²) >= 11 is 0. The van der Waals surface area contributed by atoms with E-state index >= 15 is 0 Å². The van der Waals surface area contributed by atoms with E-state index in [1.54, 1.807) is 4.90 Å². The highest BCUT2D eigenvalue weighted by Crippen LogP contribution is 2.19. The van der Waals surface area contributed by atoms with Crippen LogP contribution in [0.2, 0.25) is 0 Å². The van der Waals surface area contributed by atoms with Crippen molar-refractivity contribution in [3.63, 3.8) is 0 Å². The van der Waals surface area contributed by atoms with Crippen LogP contribution in [-0.2, 0) is 32.1 Å². The Kier molecular flexibility index (Phi) is 11.9. The number of cyclic esters (lactones) is 1. The highest BCUT2D eigenvalue weighted by Gasteiger charge is 2.25. The first-order valence-corrected chi connectivity index (χ1v) is 13.1. The maximum atomic E-state index is 13.1. The lowest BCUT2D eigenvalue weighted by atomic mass is 9.93. The van der Waals surface area contributed by atoms with Gasteiger partial charge in [0.1, 0.15) is 6.61 Å². The van der Waals surface area contributed by atoms with Crippen LogP contribution in [0.4, 0.5) is 0 Å². The monoisotopic (exact) mass is 506 g/mol. The van der Waals surface area contributed by atoms with Crippen LogP contribution in [0.25, 0.3) is 0 Å². The van der Waals surface area contributed by atoms with Gasteiger partial charge < -0.3 is 20.1 Å². The Hall–Kier alpha value is -3.45. The molecule has 0 aliphatic carbocycles. The third-order valence-corrected chi connectivity index (χ3v) is 6.55. The van der Waals surface area contributed by atoms with Gasteiger partial charge in [0, 0.05) is 19.5 Å². The van der Waals surface area contributed by atoms with Gasteiger partial charge in [-0.05, 0) is 43.2 Å². The van der Waals surface area contributed by atoms with E-state index in [0.29, 0.717) is 19.4 Å². The average molecular weight is 507 g/mol. The summed E-state index contributed by atoms with van der Waals surface area (Å²) in [7, 11) is 0. The molecule has 1 heterocycles. The molecule has 2 atom stereocenters. The van der Waals surface area contributed by atoms with Crippen LogP contribution in [0.1, 0.15) is 43.2 Å². The van der Waals surface area contributed by atoms with Crippen molar-refractivity contribution in [3.8, 4) is 0 Å². The molecule has 0 saturated carbocycles. The van der Waals surface area contributed by atoms with Crippen LogP contribution < -0.4 is 5.32 Å². The minimum atomic E-state index is -0.537. The molecule has 0 spiro atoms. The van der Waals surface area contributed by atoms with Gasteiger partial charge in [-0.25, -0.2) is 0 Å². The molecular weight excluding hydrogens is 468 g/mol. The molecule has 1 aliphatic rings. The first-order chi connectivity index (χ1) is 18.1. The first kappa shape index (κ1) is 28.1. The Labute approximate surface area is 219 Å². The molecule has 0 saturated heterocycles. The number of esters is 1. The molecule has 3 rings (SSSR count). The summed E-state index contributed by atoms with van der Waals surface area (Å²) in [6.07, 6.45) is 7.45. The summed E-state index contributed by atoms with van der Waals surface area (Å²) in [4.78, 5) is 40.4. The predicted molar refractivity (Wildman–Crippen MR) is 142 cm³/mol. The number of amides is 2. The number of hydrogen-bond acceptors (Lipinski definition) is 5. The molecule has 37 heavy (non-hydrogen) atoms. The van der Waals surface area contributed by atoms with Gasteiger partial charge in [0.05, 0.1) is 25.0 Å². The number of carbonyl (C=O) groups excluding carboxylic acids is 3. The molecule has 7 heteroatoms. The van der Waals surface area contributed by atoms with E-state index in [-0.39, 0.29) is 56.4 Å². The minimum absolute atomic E-state index is 0.0436. The Morgan fingerprint density at radius 2 is 1.68 bits per heavy atom. The predicted octanol–water partition coefficient (Wildman–Crippen LogP) is 3.66. The molecule has 2 aromatic rings. The summed E-state index contributed by atoms with van der Waals surface area (Å²) < 4.78 is 5.50. The van der Waals surface area contributed by atoms with Gasteiger partial charge in [0.2, 0.25) is 11.8 Å². The van der Waals surface area contributed by atoms with E-state index in [2.05, 4.69) is 5.32 Å². The molecule has 0 radical (unpaired) electrons. The van der Waals surface area contributed by atoms with Crippen molar-refractivity contribution in [2.45, 2.75) is 45.1 Å². The number of hydrogen-bond donors (Lipinski definition) is 2. The van der Waals surface area contributed by atoms with Crippen LogP contribution in [0.15, 0.2) is 72.8 Å². The highest BCUT2D eigenvalue weighted by molar-refractivity contribution is 5.86. The summed E-state index contributed by atoms with van der Waals surface area (Å²) in [6, 6.07) is 19.5. The fourth-order valence-corrected chi connectivity index (χ4v) is 4.49. The number of aliphatic hydroxyl groups excluding tert-OH is 1. The maximum Gasteiger partial charge on any atom is 0.309 e. The standard InChI is InChI=1S/C30H38N2O5/c33-19-18-32(23-25-13-7-4-8-14-25)28(34)22-26-15-9-1-2-10-16-27(21-24-11-5-3-6-12-24)30(36)37-20-17-31-29(26)35/h1,3-9,11-14,26-27,33H,2,10,15-23H2,(H,31,35). The fraction of sp³-hybridized carbons (Fsp3) is 0.433. The second-order valence-electron chi connectivity index (χ2n) is 9.41. The van der Waals surface area contributed by atoms with Crippen molar-refractivity contribution in [2.75, 3.05) is 26.3 Å². The normalized spacial score (nSPS) is 19.4. The molecule has 2 amide bonds. The van der Waals surface area contributed by atoms with Crippen LogP contribution in [0.3, 0.4) is 0 Å². The van der Waals surface area contributed by atoms with Crippen molar-refractivity contribution >= 4 is 17.8 Å². The molecule has 2 unspecified atom stereocenters. The van der Waals surface area contributed by atoms with Crippen LogP contribution in [0.5, 0.6) is 0 Å². The SMILES string of the molecule is O=C1NCCOC(=O)C(Cc2ccccc2)CCCC=CCC1CC(=O)N(CCO)Cc1ccccc1. The lowest BCUT2D eigenvalue weighted by Crippen LogP contribution is -2.39. The summed E-state index contributed by atoms with van der Waals surface area (Å²) in [5.74, 6) is -1.42. The number of rotatable bonds is 8. The molecule has 0 aromatic heterocycles. The fourth-order valence-electron chi connectivity index (χ4n) is 4.49. The lowest BCUT2D eigenvalue weighted by molar-refractivity contribution is -0.149. The second kappa shape index (κ2) is 15.6. The van der Waals surface area contributed by atoms with Crippen molar-refractivity contribution < 1.29 is 24.2 Å². The van der Waals surface area contributed by atoms with Gasteiger partial charge in [0.15, 0.2) is 0 Å². The quantitative estimate of drug-likeness (QED) is 0.421. The Morgan fingerprint density at radius 1 is 0.973 bits per heavy atom. The molecule has 1 aliphatic heterocycles. The third kappa shape index (κ3) is 9.84. The van der Waals surface area contributed by atoms with Crippen molar-refractivity contribution in [2.24, 2.45) is 11.8 Å². The van der Waals surface area contributed by atoms with Crippen molar-refractivity contribution in [1.82, 2.24) is 10.2 Å². The largest absolute Gasteiger partial charge is 0.464 e. The van der Waals surface area contributed by atoms with Crippen LogP contribution in [0, 0.1) is 11.8 Å². The van der Waals surface area contributed by atoms with E-state index in [1.807, 2.05) is 72.8 Å². The van der Waals surface area contributed by atoms with Crippen molar-refractivity contribution in [3.05, 3.63) is 83.9 Å². The molecule has 198 valence electrons. The number of benzene rings is 2. The van der Waals surface area contributed by atoms with Crippen molar-refractivity contribution in [1.29, 1.82) is 0 Å².